The summed E-state index contributed by atoms with van der Waals surface area (Å²) in [5, 5.41) is 12.3. The zero-order valence-electron chi connectivity index (χ0n) is 14.2. The maximum Gasteiger partial charge on any atom is 0.254 e. The quantitative estimate of drug-likeness (QED) is 0.855. The molecule has 2 fully saturated rings. The van der Waals surface area contributed by atoms with Crippen molar-refractivity contribution in [3.8, 4) is 0 Å². The van der Waals surface area contributed by atoms with Crippen molar-refractivity contribution in [2.75, 3.05) is 26.7 Å². The van der Waals surface area contributed by atoms with Crippen molar-refractivity contribution in [3.05, 3.63) is 34.2 Å². The average molecular weight is 346 g/mol. The number of carbonyl (C=O) groups excluding carboxylic acids is 1. The van der Waals surface area contributed by atoms with E-state index >= 15 is 0 Å². The van der Waals surface area contributed by atoms with E-state index in [1.807, 2.05) is 21.7 Å². The molecule has 2 aromatic heterocycles. The molecule has 7 heteroatoms. The fraction of sp³-hybridized carbons (Fsp3) is 0.588. The Morgan fingerprint density at radius 3 is 2.79 bits per heavy atom. The Hall–Kier alpha value is -1.73. The summed E-state index contributed by atoms with van der Waals surface area (Å²) in [6, 6.07) is 2.05. The van der Waals surface area contributed by atoms with E-state index in [1.54, 1.807) is 11.3 Å². The van der Waals surface area contributed by atoms with E-state index in [2.05, 4.69) is 36.0 Å². The molecule has 2 aliphatic rings. The summed E-state index contributed by atoms with van der Waals surface area (Å²) >= 11 is 1.56. The van der Waals surface area contributed by atoms with E-state index in [4.69, 9.17) is 4.42 Å². The van der Waals surface area contributed by atoms with Crippen LogP contribution in [0.2, 0.25) is 0 Å². The van der Waals surface area contributed by atoms with Crippen molar-refractivity contribution in [1.29, 1.82) is 0 Å². The molecule has 1 amide bonds. The number of thiophene rings is 1. The van der Waals surface area contributed by atoms with Crippen molar-refractivity contribution in [3.63, 3.8) is 0 Å². The number of carbonyl (C=O) groups is 1. The number of rotatable bonds is 3. The minimum absolute atomic E-state index is 0.146. The molecule has 0 aliphatic carbocycles. The van der Waals surface area contributed by atoms with Crippen LogP contribution >= 0.6 is 11.3 Å². The standard InChI is InChI=1S/C17H22N4O2S/c1-11(2)14-18-19-15(23-14)13-6-17(8-20(13)3)9-21(10-17)16(22)12-4-5-24-7-12/h4-5,7,11,13H,6,8-10H2,1-3H3. The van der Waals surface area contributed by atoms with Crippen LogP contribution in [0.4, 0.5) is 0 Å². The number of nitrogens with zero attached hydrogens (tertiary/aromatic N) is 4. The first-order valence-corrected chi connectivity index (χ1v) is 9.27. The topological polar surface area (TPSA) is 62.5 Å². The van der Waals surface area contributed by atoms with Gasteiger partial charge in [-0.15, -0.1) is 10.2 Å². The molecule has 4 heterocycles. The summed E-state index contributed by atoms with van der Waals surface area (Å²) in [6.45, 7) is 6.69. The minimum Gasteiger partial charge on any atom is -0.423 e. The number of hydrogen-bond acceptors (Lipinski definition) is 6. The smallest absolute Gasteiger partial charge is 0.254 e. The van der Waals surface area contributed by atoms with Crippen LogP contribution in [0.5, 0.6) is 0 Å². The first-order chi connectivity index (χ1) is 11.5. The second-order valence-corrected chi connectivity index (χ2v) is 8.22. The highest BCUT2D eigenvalue weighted by Gasteiger charge is 2.53. The van der Waals surface area contributed by atoms with Crippen LogP contribution in [-0.4, -0.2) is 52.6 Å². The van der Waals surface area contributed by atoms with Gasteiger partial charge in [-0.3, -0.25) is 9.69 Å². The maximum absolute atomic E-state index is 12.4. The van der Waals surface area contributed by atoms with E-state index in [0.717, 1.165) is 31.6 Å². The largest absolute Gasteiger partial charge is 0.423 e. The Bertz CT molecular complexity index is 734. The molecule has 0 bridgehead atoms. The predicted molar refractivity (Wildman–Crippen MR) is 91.0 cm³/mol. The van der Waals surface area contributed by atoms with Crippen LogP contribution < -0.4 is 0 Å². The molecule has 0 radical (unpaired) electrons. The molecule has 0 saturated carbocycles. The van der Waals surface area contributed by atoms with Gasteiger partial charge < -0.3 is 9.32 Å². The number of likely N-dealkylation sites (tertiary alicyclic amines) is 2. The molecule has 24 heavy (non-hydrogen) atoms. The normalized spacial score (nSPS) is 23.2. The lowest BCUT2D eigenvalue weighted by Gasteiger charge is -2.48. The van der Waals surface area contributed by atoms with E-state index in [-0.39, 0.29) is 23.3 Å². The van der Waals surface area contributed by atoms with Crippen LogP contribution in [-0.2, 0) is 0 Å². The number of aromatic nitrogens is 2. The van der Waals surface area contributed by atoms with Gasteiger partial charge in [-0.25, -0.2) is 0 Å². The van der Waals surface area contributed by atoms with Crippen LogP contribution in [0.15, 0.2) is 21.2 Å². The zero-order chi connectivity index (χ0) is 16.9. The molecular formula is C17H22N4O2S. The van der Waals surface area contributed by atoms with Crippen LogP contribution in [0.1, 0.15) is 54.4 Å². The predicted octanol–water partition coefficient (Wildman–Crippen LogP) is 2.77. The van der Waals surface area contributed by atoms with Crippen molar-refractivity contribution < 1.29 is 9.21 Å². The second kappa shape index (κ2) is 5.67. The van der Waals surface area contributed by atoms with Crippen LogP contribution in [0, 0.1) is 5.41 Å². The molecule has 2 aliphatic heterocycles. The monoisotopic (exact) mass is 346 g/mol. The molecule has 128 valence electrons. The fourth-order valence-corrected chi connectivity index (χ4v) is 4.49. The molecule has 1 spiro atoms. The van der Waals surface area contributed by atoms with Crippen LogP contribution in [0.3, 0.4) is 0 Å². The van der Waals surface area contributed by atoms with E-state index in [0.29, 0.717) is 11.8 Å². The summed E-state index contributed by atoms with van der Waals surface area (Å²) < 4.78 is 5.85. The Morgan fingerprint density at radius 2 is 2.17 bits per heavy atom. The summed E-state index contributed by atoms with van der Waals surface area (Å²) in [5.74, 6) is 1.80. The van der Waals surface area contributed by atoms with Gasteiger partial charge in [0.25, 0.3) is 5.91 Å². The second-order valence-electron chi connectivity index (χ2n) is 7.44. The third-order valence-corrected chi connectivity index (χ3v) is 5.77. The van der Waals surface area contributed by atoms with Gasteiger partial charge >= 0.3 is 0 Å². The zero-order valence-corrected chi connectivity index (χ0v) is 15.0. The highest BCUT2D eigenvalue weighted by molar-refractivity contribution is 7.08. The van der Waals surface area contributed by atoms with Crippen molar-refractivity contribution in [1.82, 2.24) is 20.0 Å². The molecule has 2 saturated heterocycles. The molecule has 0 N–H and O–H groups in total. The maximum atomic E-state index is 12.4. The van der Waals surface area contributed by atoms with Crippen molar-refractivity contribution in [2.24, 2.45) is 5.41 Å². The van der Waals surface area contributed by atoms with E-state index in [1.165, 1.54) is 0 Å². The van der Waals surface area contributed by atoms with E-state index in [9.17, 15) is 4.79 Å². The Morgan fingerprint density at radius 1 is 1.38 bits per heavy atom. The van der Waals surface area contributed by atoms with Gasteiger partial charge in [-0.05, 0) is 24.9 Å². The van der Waals surface area contributed by atoms with Gasteiger partial charge in [-0.1, -0.05) is 13.8 Å². The van der Waals surface area contributed by atoms with Gasteiger partial charge in [-0.2, -0.15) is 11.3 Å². The Labute approximate surface area is 145 Å². The van der Waals surface area contributed by atoms with Crippen molar-refractivity contribution in [2.45, 2.75) is 32.2 Å². The SMILES string of the molecule is CC(C)c1nnc(C2CC3(CN(C(=O)c4ccsc4)C3)CN2C)o1. The fourth-order valence-electron chi connectivity index (χ4n) is 3.87. The lowest BCUT2D eigenvalue weighted by molar-refractivity contribution is 0.0115. The highest BCUT2D eigenvalue weighted by atomic mass is 32.1. The molecular weight excluding hydrogens is 324 g/mol. The third kappa shape index (κ3) is 2.56. The van der Waals surface area contributed by atoms with Gasteiger partial charge in [0.05, 0.1) is 11.6 Å². The van der Waals surface area contributed by atoms with Crippen molar-refractivity contribution >= 4 is 17.2 Å². The summed E-state index contributed by atoms with van der Waals surface area (Å²) in [4.78, 5) is 16.6. The molecule has 4 rings (SSSR count). The molecule has 2 aromatic rings. The van der Waals surface area contributed by atoms with E-state index < -0.39 is 0 Å². The summed E-state index contributed by atoms with van der Waals surface area (Å²) in [6.07, 6.45) is 0.969. The van der Waals surface area contributed by atoms with Gasteiger partial charge in [0.2, 0.25) is 11.8 Å². The number of hydrogen-bond donors (Lipinski definition) is 0. The first-order valence-electron chi connectivity index (χ1n) is 8.32. The Kier molecular flexibility index (Phi) is 3.73. The molecule has 0 aromatic carbocycles. The third-order valence-electron chi connectivity index (χ3n) is 5.09. The molecule has 6 nitrogen and oxygen atoms in total. The van der Waals surface area contributed by atoms with Gasteiger partial charge in [0, 0.05) is 36.3 Å². The number of amides is 1. The minimum atomic E-state index is 0.146. The molecule has 1 unspecified atom stereocenters. The van der Waals surface area contributed by atoms with Gasteiger partial charge in [0.1, 0.15) is 0 Å². The first kappa shape index (κ1) is 15.8. The molecule has 1 atom stereocenters. The van der Waals surface area contributed by atoms with Crippen LogP contribution in [0.25, 0.3) is 0 Å². The Balaban J connectivity index is 1.43. The highest BCUT2D eigenvalue weighted by Crippen LogP contribution is 2.47. The lowest BCUT2D eigenvalue weighted by atomic mass is 9.77. The summed E-state index contributed by atoms with van der Waals surface area (Å²) in [7, 11) is 2.10. The lowest BCUT2D eigenvalue weighted by Crippen LogP contribution is -2.59. The van der Waals surface area contributed by atoms with Gasteiger partial charge in [0.15, 0.2) is 0 Å². The summed E-state index contributed by atoms with van der Waals surface area (Å²) in [5.41, 5.74) is 0.966. The average Bonchev–Trinajstić information content (AvgIpc) is 3.23.